The second kappa shape index (κ2) is 6.23. The van der Waals surface area contributed by atoms with Crippen molar-refractivity contribution in [3.8, 4) is 0 Å². The molecule has 4 heteroatoms. The number of nitrogens with zero attached hydrogens (tertiary/aromatic N) is 2. The number of carboxylic acid groups (broad SMARTS) is 1. The van der Waals surface area contributed by atoms with E-state index in [1.54, 1.807) is 6.20 Å². The van der Waals surface area contributed by atoms with Crippen molar-refractivity contribution in [3.63, 3.8) is 0 Å². The molecule has 0 fully saturated rings. The van der Waals surface area contributed by atoms with Crippen molar-refractivity contribution < 1.29 is 9.90 Å². The van der Waals surface area contributed by atoms with Gasteiger partial charge in [-0.1, -0.05) is 6.07 Å². The first-order valence-corrected chi connectivity index (χ1v) is 5.40. The number of hydrogen-bond acceptors (Lipinski definition) is 3. The van der Waals surface area contributed by atoms with Crippen LogP contribution in [0.3, 0.4) is 0 Å². The number of aliphatic carboxylic acids is 1. The number of rotatable bonds is 6. The third kappa shape index (κ3) is 4.40. The fourth-order valence-corrected chi connectivity index (χ4v) is 1.52. The fourth-order valence-electron chi connectivity index (χ4n) is 1.52. The topological polar surface area (TPSA) is 53.4 Å². The fraction of sp³-hybridized carbons (Fsp3) is 0.500. The summed E-state index contributed by atoms with van der Waals surface area (Å²) in [6.07, 6.45) is 2.69. The van der Waals surface area contributed by atoms with Gasteiger partial charge in [0.15, 0.2) is 0 Å². The number of hydrogen-bond donors (Lipinski definition) is 1. The van der Waals surface area contributed by atoms with E-state index in [-0.39, 0.29) is 6.42 Å². The lowest BCUT2D eigenvalue weighted by Gasteiger charge is -2.16. The minimum Gasteiger partial charge on any atom is -0.481 e. The summed E-state index contributed by atoms with van der Waals surface area (Å²) in [4.78, 5) is 16.8. The minimum atomic E-state index is -0.734. The predicted octanol–water partition coefficient (Wildman–Crippen LogP) is 1.69. The lowest BCUT2D eigenvalue weighted by atomic mass is 10.2. The minimum absolute atomic E-state index is 0.228. The summed E-state index contributed by atoms with van der Waals surface area (Å²) in [5, 5.41) is 8.53. The zero-order chi connectivity index (χ0) is 12.0. The van der Waals surface area contributed by atoms with E-state index < -0.39 is 5.97 Å². The van der Waals surface area contributed by atoms with E-state index in [2.05, 4.69) is 9.88 Å². The zero-order valence-electron chi connectivity index (χ0n) is 9.81. The number of pyridine rings is 1. The number of carbonyl (C=O) groups is 1. The molecule has 0 aliphatic rings. The smallest absolute Gasteiger partial charge is 0.303 e. The zero-order valence-corrected chi connectivity index (χ0v) is 9.81. The molecule has 4 nitrogen and oxygen atoms in total. The first kappa shape index (κ1) is 12.6. The van der Waals surface area contributed by atoms with Crippen LogP contribution in [0.1, 0.15) is 24.1 Å². The maximum atomic E-state index is 10.4. The molecule has 0 aliphatic heterocycles. The van der Waals surface area contributed by atoms with Crippen molar-refractivity contribution >= 4 is 5.97 Å². The highest BCUT2D eigenvalue weighted by atomic mass is 16.4. The van der Waals surface area contributed by atoms with Gasteiger partial charge in [0.05, 0.1) is 5.69 Å². The molecule has 0 aliphatic carbocycles. The van der Waals surface area contributed by atoms with Gasteiger partial charge >= 0.3 is 5.97 Å². The lowest BCUT2D eigenvalue weighted by molar-refractivity contribution is -0.137. The van der Waals surface area contributed by atoms with E-state index in [1.807, 2.05) is 26.1 Å². The van der Waals surface area contributed by atoms with Gasteiger partial charge < -0.3 is 10.0 Å². The van der Waals surface area contributed by atoms with Crippen molar-refractivity contribution in [1.82, 2.24) is 9.88 Å². The van der Waals surface area contributed by atoms with Crippen molar-refractivity contribution in [1.29, 1.82) is 0 Å². The molecular weight excluding hydrogens is 204 g/mol. The van der Waals surface area contributed by atoms with E-state index in [0.717, 1.165) is 18.8 Å². The maximum Gasteiger partial charge on any atom is 0.303 e. The SMILES string of the molecule is Cc1cccnc1CN(C)CCCC(=O)O. The van der Waals surface area contributed by atoms with Crippen molar-refractivity contribution in [3.05, 3.63) is 29.6 Å². The van der Waals surface area contributed by atoms with Crippen molar-refractivity contribution in [2.75, 3.05) is 13.6 Å². The molecule has 0 bridgehead atoms. The van der Waals surface area contributed by atoms with Gasteiger partial charge in [-0.2, -0.15) is 0 Å². The summed E-state index contributed by atoms with van der Waals surface area (Å²) in [6, 6.07) is 3.96. The van der Waals surface area contributed by atoms with E-state index >= 15 is 0 Å². The van der Waals surface area contributed by atoms with Gasteiger partial charge in [-0.15, -0.1) is 0 Å². The summed E-state index contributed by atoms with van der Waals surface area (Å²) in [5.41, 5.74) is 2.23. The maximum absolute atomic E-state index is 10.4. The molecule has 0 spiro atoms. The Balaban J connectivity index is 2.37. The monoisotopic (exact) mass is 222 g/mol. The molecule has 1 N–H and O–H groups in total. The van der Waals surface area contributed by atoms with E-state index in [4.69, 9.17) is 5.11 Å². The van der Waals surface area contributed by atoms with Crippen LogP contribution in [0, 0.1) is 6.92 Å². The Kier molecular flexibility index (Phi) is 4.92. The molecule has 88 valence electrons. The molecule has 1 aromatic rings. The lowest BCUT2D eigenvalue weighted by Crippen LogP contribution is -2.21. The quantitative estimate of drug-likeness (QED) is 0.795. The van der Waals surface area contributed by atoms with E-state index in [1.165, 1.54) is 5.56 Å². The third-order valence-electron chi connectivity index (χ3n) is 2.47. The van der Waals surface area contributed by atoms with E-state index in [0.29, 0.717) is 6.42 Å². The first-order chi connectivity index (χ1) is 7.59. The van der Waals surface area contributed by atoms with Gasteiger partial charge in [-0.25, -0.2) is 0 Å². The molecule has 1 rings (SSSR count). The standard InChI is InChI=1S/C12H18N2O2/c1-10-5-3-7-13-11(10)9-14(2)8-4-6-12(15)16/h3,5,7H,4,6,8-9H2,1-2H3,(H,15,16). The summed E-state index contributed by atoms with van der Waals surface area (Å²) >= 11 is 0. The van der Waals surface area contributed by atoms with Gasteiger partial charge in [0.25, 0.3) is 0 Å². The molecule has 0 amide bonds. The van der Waals surface area contributed by atoms with E-state index in [9.17, 15) is 4.79 Å². The Morgan fingerprint density at radius 1 is 1.56 bits per heavy atom. The van der Waals surface area contributed by atoms with Crippen LogP contribution in [0.2, 0.25) is 0 Å². The van der Waals surface area contributed by atoms with Crippen LogP contribution < -0.4 is 0 Å². The Morgan fingerprint density at radius 2 is 2.31 bits per heavy atom. The molecule has 0 saturated carbocycles. The molecule has 0 atom stereocenters. The molecule has 0 aromatic carbocycles. The largest absolute Gasteiger partial charge is 0.481 e. The Morgan fingerprint density at radius 3 is 2.94 bits per heavy atom. The second-order valence-electron chi connectivity index (χ2n) is 4.00. The average Bonchev–Trinajstić information content (AvgIpc) is 2.21. The molecule has 1 aromatic heterocycles. The highest BCUT2D eigenvalue weighted by Gasteiger charge is 2.04. The van der Waals surface area contributed by atoms with Crippen LogP contribution in [0.25, 0.3) is 0 Å². The Labute approximate surface area is 95.9 Å². The molecule has 16 heavy (non-hydrogen) atoms. The average molecular weight is 222 g/mol. The van der Waals surface area contributed by atoms with Crippen LogP contribution in [0.5, 0.6) is 0 Å². The highest BCUT2D eigenvalue weighted by Crippen LogP contribution is 2.06. The van der Waals surface area contributed by atoms with Gasteiger partial charge in [-0.3, -0.25) is 9.78 Å². The summed E-state index contributed by atoms with van der Waals surface area (Å²) in [5.74, 6) is -0.734. The predicted molar refractivity (Wildman–Crippen MR) is 62.2 cm³/mol. The van der Waals surface area contributed by atoms with Gasteiger partial charge in [0.2, 0.25) is 0 Å². The molecule has 1 heterocycles. The first-order valence-electron chi connectivity index (χ1n) is 5.40. The molecule has 0 unspecified atom stereocenters. The van der Waals surface area contributed by atoms with Crippen LogP contribution in [-0.2, 0) is 11.3 Å². The summed E-state index contributed by atoms with van der Waals surface area (Å²) in [7, 11) is 1.98. The van der Waals surface area contributed by atoms with Gasteiger partial charge in [0, 0.05) is 19.2 Å². The van der Waals surface area contributed by atoms with Crippen LogP contribution in [0.15, 0.2) is 18.3 Å². The highest BCUT2D eigenvalue weighted by molar-refractivity contribution is 5.66. The normalized spacial score (nSPS) is 10.7. The van der Waals surface area contributed by atoms with Crippen LogP contribution >= 0.6 is 0 Å². The van der Waals surface area contributed by atoms with Gasteiger partial charge in [-0.05, 0) is 38.6 Å². The Bertz CT molecular complexity index is 353. The molecule has 0 radical (unpaired) electrons. The number of aryl methyl sites for hydroxylation is 1. The summed E-state index contributed by atoms with van der Waals surface area (Å²) in [6.45, 7) is 3.59. The van der Waals surface area contributed by atoms with Crippen LogP contribution in [-0.4, -0.2) is 34.6 Å². The second-order valence-corrected chi connectivity index (χ2v) is 4.00. The van der Waals surface area contributed by atoms with Crippen LogP contribution in [0.4, 0.5) is 0 Å². The van der Waals surface area contributed by atoms with Gasteiger partial charge in [0.1, 0.15) is 0 Å². The number of carboxylic acids is 1. The molecule has 0 saturated heterocycles. The Hall–Kier alpha value is -1.42. The number of aromatic nitrogens is 1. The third-order valence-corrected chi connectivity index (χ3v) is 2.47. The summed E-state index contributed by atoms with van der Waals surface area (Å²) < 4.78 is 0. The molecular formula is C12H18N2O2. The van der Waals surface area contributed by atoms with Crippen molar-refractivity contribution in [2.45, 2.75) is 26.3 Å². The van der Waals surface area contributed by atoms with Crippen molar-refractivity contribution in [2.24, 2.45) is 0 Å².